The van der Waals surface area contributed by atoms with Gasteiger partial charge in [-0.25, -0.2) is 4.98 Å². The average Bonchev–Trinajstić information content (AvgIpc) is 2.99. The zero-order chi connectivity index (χ0) is 15.5. The molecule has 5 heteroatoms. The lowest BCUT2D eigenvalue weighted by Crippen LogP contribution is -2.49. The molecule has 4 nitrogen and oxygen atoms in total. The summed E-state index contributed by atoms with van der Waals surface area (Å²) in [4.78, 5) is 3.93. The van der Waals surface area contributed by atoms with Gasteiger partial charge in [0.25, 0.3) is 0 Å². The molecule has 0 amide bonds. The maximum absolute atomic E-state index is 11.2. The summed E-state index contributed by atoms with van der Waals surface area (Å²) in [6.07, 6.45) is 3.66. The molecular formula is C16H22ClN3O. The lowest BCUT2D eigenvalue weighted by atomic mass is 9.69. The molecule has 1 aromatic carbocycles. The second kappa shape index (κ2) is 6.16. The molecule has 0 radical (unpaired) electrons. The maximum Gasteiger partial charge on any atom is 0.137 e. The van der Waals surface area contributed by atoms with Gasteiger partial charge >= 0.3 is 0 Å². The van der Waals surface area contributed by atoms with E-state index < -0.39 is 11.0 Å². The fourth-order valence-electron chi connectivity index (χ4n) is 2.63. The fourth-order valence-corrected chi connectivity index (χ4v) is 2.98. The van der Waals surface area contributed by atoms with E-state index in [0.29, 0.717) is 13.0 Å². The molecule has 0 fully saturated rings. The minimum absolute atomic E-state index is 0.299. The minimum Gasteiger partial charge on any atom is -0.387 e. The highest BCUT2D eigenvalue weighted by Crippen LogP contribution is 2.48. The van der Waals surface area contributed by atoms with Gasteiger partial charge in [0.05, 0.1) is 17.5 Å². The maximum atomic E-state index is 11.2. The molecule has 0 saturated heterocycles. The number of hydrogen-bond donors (Lipinski definition) is 1. The topological polar surface area (TPSA) is 50.9 Å². The first-order valence-corrected chi connectivity index (χ1v) is 7.58. The predicted octanol–water partition coefficient (Wildman–Crippen LogP) is 3.43. The molecule has 2 unspecified atom stereocenters. The highest BCUT2D eigenvalue weighted by molar-refractivity contribution is 6.21. The van der Waals surface area contributed by atoms with E-state index in [-0.39, 0.29) is 5.38 Å². The summed E-state index contributed by atoms with van der Waals surface area (Å²) in [5.74, 6) is 0. The Morgan fingerprint density at radius 3 is 2.48 bits per heavy atom. The Bertz CT molecular complexity index is 556. The van der Waals surface area contributed by atoms with E-state index in [2.05, 4.69) is 10.1 Å². The number of rotatable bonds is 6. The van der Waals surface area contributed by atoms with E-state index in [0.717, 1.165) is 5.56 Å². The Labute approximate surface area is 130 Å². The van der Waals surface area contributed by atoms with Crippen LogP contribution in [0.25, 0.3) is 0 Å². The molecule has 1 N–H and O–H groups in total. The standard InChI is InChI=1S/C16H22ClN3O/c1-4-16(21,10-20-12-18-11-19-20)15(2,3)14(17)13-8-6-5-7-9-13/h5-9,11-12,14,21H,4,10H2,1-3H3. The number of halogens is 1. The fraction of sp³-hybridized carbons (Fsp3) is 0.500. The summed E-state index contributed by atoms with van der Waals surface area (Å²) >= 11 is 6.70. The largest absolute Gasteiger partial charge is 0.387 e. The van der Waals surface area contributed by atoms with Gasteiger partial charge < -0.3 is 5.11 Å². The predicted molar refractivity (Wildman–Crippen MR) is 84.1 cm³/mol. The molecule has 2 atom stereocenters. The third-order valence-corrected chi connectivity index (χ3v) is 5.20. The Morgan fingerprint density at radius 1 is 1.29 bits per heavy atom. The molecule has 114 valence electrons. The molecule has 0 spiro atoms. The summed E-state index contributed by atoms with van der Waals surface area (Å²) in [6, 6.07) is 9.86. The minimum atomic E-state index is -0.983. The van der Waals surface area contributed by atoms with Crippen LogP contribution in [0, 0.1) is 5.41 Å². The number of alkyl halides is 1. The van der Waals surface area contributed by atoms with Crippen molar-refractivity contribution in [2.24, 2.45) is 5.41 Å². The molecule has 21 heavy (non-hydrogen) atoms. The molecule has 0 aliphatic heterocycles. The average molecular weight is 308 g/mol. The van der Waals surface area contributed by atoms with Gasteiger partial charge in [-0.15, -0.1) is 11.6 Å². The number of benzene rings is 1. The summed E-state index contributed by atoms with van der Waals surface area (Å²) in [6.45, 7) is 6.33. The lowest BCUT2D eigenvalue weighted by molar-refractivity contribution is -0.0874. The molecular weight excluding hydrogens is 286 g/mol. The van der Waals surface area contributed by atoms with Crippen LogP contribution < -0.4 is 0 Å². The molecule has 2 rings (SSSR count). The van der Waals surface area contributed by atoms with Crippen LogP contribution in [0.4, 0.5) is 0 Å². The van der Waals surface area contributed by atoms with Gasteiger partial charge in [-0.05, 0) is 12.0 Å². The third kappa shape index (κ3) is 3.11. The van der Waals surface area contributed by atoms with E-state index in [9.17, 15) is 5.11 Å². The van der Waals surface area contributed by atoms with Crippen molar-refractivity contribution in [1.29, 1.82) is 0 Å². The Kier molecular flexibility index (Phi) is 4.69. The van der Waals surface area contributed by atoms with Crippen molar-refractivity contribution in [2.45, 2.75) is 44.7 Å². The van der Waals surface area contributed by atoms with Crippen LogP contribution in [0.1, 0.15) is 38.1 Å². The number of aliphatic hydroxyl groups is 1. The normalized spacial score (nSPS) is 16.4. The Hall–Kier alpha value is -1.39. The first-order valence-electron chi connectivity index (χ1n) is 7.14. The first kappa shape index (κ1) is 16.0. The van der Waals surface area contributed by atoms with Crippen molar-refractivity contribution in [3.63, 3.8) is 0 Å². The SMILES string of the molecule is CCC(O)(Cn1cncn1)C(C)(C)C(Cl)c1ccccc1. The van der Waals surface area contributed by atoms with Gasteiger partial charge in [0, 0.05) is 5.41 Å². The van der Waals surface area contributed by atoms with E-state index in [4.69, 9.17) is 11.6 Å². The highest BCUT2D eigenvalue weighted by atomic mass is 35.5. The smallest absolute Gasteiger partial charge is 0.137 e. The monoisotopic (exact) mass is 307 g/mol. The van der Waals surface area contributed by atoms with Crippen molar-refractivity contribution < 1.29 is 5.11 Å². The first-order chi connectivity index (χ1) is 9.90. The van der Waals surface area contributed by atoms with Gasteiger partial charge in [0.15, 0.2) is 0 Å². The number of hydrogen-bond acceptors (Lipinski definition) is 3. The van der Waals surface area contributed by atoms with Gasteiger partial charge in [-0.3, -0.25) is 4.68 Å². The van der Waals surface area contributed by atoms with E-state index in [1.165, 1.54) is 6.33 Å². The third-order valence-electron chi connectivity index (χ3n) is 4.40. The lowest BCUT2D eigenvalue weighted by Gasteiger charge is -2.45. The quantitative estimate of drug-likeness (QED) is 0.832. The van der Waals surface area contributed by atoms with Crippen LogP contribution in [0.15, 0.2) is 43.0 Å². The Balaban J connectivity index is 2.30. The summed E-state index contributed by atoms with van der Waals surface area (Å²) in [5, 5.41) is 15.0. The molecule has 0 aliphatic rings. The molecule has 1 heterocycles. The summed E-state index contributed by atoms with van der Waals surface area (Å²) in [5.41, 5.74) is -0.505. The summed E-state index contributed by atoms with van der Waals surface area (Å²) in [7, 11) is 0. The van der Waals surface area contributed by atoms with Gasteiger partial charge in [0.2, 0.25) is 0 Å². The number of aromatic nitrogens is 3. The molecule has 0 aliphatic carbocycles. The highest BCUT2D eigenvalue weighted by Gasteiger charge is 2.47. The van der Waals surface area contributed by atoms with Gasteiger partial charge in [-0.2, -0.15) is 5.10 Å². The second-order valence-electron chi connectivity index (χ2n) is 5.97. The van der Waals surface area contributed by atoms with Crippen molar-refractivity contribution in [3.8, 4) is 0 Å². The van der Waals surface area contributed by atoms with Crippen molar-refractivity contribution >= 4 is 11.6 Å². The van der Waals surface area contributed by atoms with Crippen molar-refractivity contribution in [3.05, 3.63) is 48.5 Å². The van der Waals surface area contributed by atoms with Crippen molar-refractivity contribution in [2.75, 3.05) is 0 Å². The Morgan fingerprint density at radius 2 is 1.95 bits per heavy atom. The zero-order valence-electron chi connectivity index (χ0n) is 12.7. The molecule has 0 bridgehead atoms. The van der Waals surface area contributed by atoms with Gasteiger partial charge in [-0.1, -0.05) is 51.1 Å². The second-order valence-corrected chi connectivity index (χ2v) is 6.41. The van der Waals surface area contributed by atoms with E-state index in [1.54, 1.807) is 11.0 Å². The molecule has 0 saturated carbocycles. The van der Waals surface area contributed by atoms with Gasteiger partial charge in [0.1, 0.15) is 12.7 Å². The summed E-state index contributed by atoms with van der Waals surface area (Å²) < 4.78 is 1.65. The van der Waals surface area contributed by atoms with Crippen LogP contribution in [-0.4, -0.2) is 25.5 Å². The van der Waals surface area contributed by atoms with E-state index in [1.807, 2.05) is 51.1 Å². The number of nitrogens with zero attached hydrogens (tertiary/aromatic N) is 3. The van der Waals surface area contributed by atoms with Crippen molar-refractivity contribution in [1.82, 2.24) is 14.8 Å². The molecule has 1 aromatic heterocycles. The molecule has 2 aromatic rings. The zero-order valence-corrected chi connectivity index (χ0v) is 13.5. The van der Waals surface area contributed by atoms with Crippen LogP contribution in [0.3, 0.4) is 0 Å². The van der Waals surface area contributed by atoms with Crippen LogP contribution in [0.2, 0.25) is 0 Å². The van der Waals surface area contributed by atoms with Crippen LogP contribution in [-0.2, 0) is 6.54 Å². The van der Waals surface area contributed by atoms with E-state index >= 15 is 0 Å². The van der Waals surface area contributed by atoms with Crippen LogP contribution in [0.5, 0.6) is 0 Å². The van der Waals surface area contributed by atoms with Crippen LogP contribution >= 0.6 is 11.6 Å².